The molecule has 0 saturated heterocycles. The van der Waals surface area contributed by atoms with Crippen molar-refractivity contribution in [1.82, 2.24) is 29.9 Å². The molecule has 1 aliphatic rings. The molecule has 4 N–H and O–H groups in total. The number of nitrogens with two attached hydrogens (primary N) is 1. The molecule has 3 aromatic heterocycles. The maximum absolute atomic E-state index is 6.31. The zero-order valence-corrected chi connectivity index (χ0v) is 21.0. The number of nitrogens with one attached hydrogen (secondary N) is 2. The molecule has 0 atom stereocenters. The molecule has 0 radical (unpaired) electrons. The lowest BCUT2D eigenvalue weighted by atomic mass is 10.2. The van der Waals surface area contributed by atoms with E-state index in [1.807, 2.05) is 12.4 Å². The van der Waals surface area contributed by atoms with Crippen LogP contribution in [-0.2, 0) is 13.1 Å². The van der Waals surface area contributed by atoms with Crippen LogP contribution in [0.4, 0.5) is 5.69 Å². The third-order valence-electron chi connectivity index (χ3n) is 6.21. The molecule has 0 bridgehead atoms. The zero-order chi connectivity index (χ0) is 24.5. The van der Waals surface area contributed by atoms with Crippen molar-refractivity contribution in [2.75, 3.05) is 38.1 Å². The predicted octanol–water partition coefficient (Wildman–Crippen LogP) is 3.32. The van der Waals surface area contributed by atoms with Gasteiger partial charge in [0, 0.05) is 62.7 Å². The van der Waals surface area contributed by atoms with E-state index in [1.165, 1.54) is 18.4 Å². The second-order valence-electron chi connectivity index (χ2n) is 9.15. The lowest BCUT2D eigenvalue weighted by Gasteiger charge is -2.16. The van der Waals surface area contributed by atoms with Crippen LogP contribution in [0, 0.1) is 0 Å². The normalized spacial score (nSPS) is 13.9. The number of fused-ring (bicyclic) bond motifs is 1. The molecule has 4 rings (SSSR count). The van der Waals surface area contributed by atoms with Gasteiger partial charge in [-0.3, -0.25) is 4.98 Å². The van der Waals surface area contributed by atoms with Gasteiger partial charge in [0.2, 0.25) is 0 Å². The van der Waals surface area contributed by atoms with Gasteiger partial charge in [-0.05, 0) is 44.1 Å². The van der Waals surface area contributed by atoms with Crippen molar-refractivity contribution in [3.05, 3.63) is 78.3 Å². The fraction of sp³-hybridized carbons (Fsp3) is 0.407. The minimum absolute atomic E-state index is 0.599. The van der Waals surface area contributed by atoms with E-state index in [1.54, 1.807) is 6.20 Å². The van der Waals surface area contributed by atoms with Crippen molar-refractivity contribution in [3.63, 3.8) is 0 Å². The zero-order valence-electron chi connectivity index (χ0n) is 21.0. The first-order valence-electron chi connectivity index (χ1n) is 12.6. The van der Waals surface area contributed by atoms with Crippen LogP contribution in [0.25, 0.3) is 11.3 Å². The fourth-order valence-electron chi connectivity index (χ4n) is 4.12. The highest BCUT2D eigenvalue weighted by Gasteiger charge is 2.09. The fourth-order valence-corrected chi connectivity index (χ4v) is 4.12. The first kappa shape index (κ1) is 24.8. The van der Waals surface area contributed by atoms with Gasteiger partial charge in [-0.25, -0.2) is 4.98 Å². The first-order valence-corrected chi connectivity index (χ1v) is 12.6. The molecule has 4 heterocycles. The quantitative estimate of drug-likeness (QED) is 0.328. The van der Waals surface area contributed by atoms with Crippen LogP contribution in [0.15, 0.2) is 61.5 Å². The predicted molar refractivity (Wildman–Crippen MR) is 144 cm³/mol. The average Bonchev–Trinajstić information content (AvgIpc) is 3.55. The van der Waals surface area contributed by atoms with Crippen LogP contribution in [-0.4, -0.2) is 52.5 Å². The summed E-state index contributed by atoms with van der Waals surface area (Å²) in [6, 6.07) is 6.28. The molecule has 0 fully saturated rings. The van der Waals surface area contributed by atoms with Crippen LogP contribution in [0.3, 0.4) is 0 Å². The molecule has 1 aliphatic heterocycles. The molecule has 186 valence electrons. The number of aromatic nitrogens is 3. The Labute approximate surface area is 208 Å². The number of likely N-dealkylation sites (N-methyl/N-ethyl adjacent to an activating group) is 1. The van der Waals surface area contributed by atoms with Crippen molar-refractivity contribution in [2.24, 2.45) is 5.73 Å². The molecular weight excluding hydrogens is 436 g/mol. The summed E-state index contributed by atoms with van der Waals surface area (Å²) in [6.07, 6.45) is 17.5. The van der Waals surface area contributed by atoms with Gasteiger partial charge in [0.1, 0.15) is 5.65 Å². The summed E-state index contributed by atoms with van der Waals surface area (Å²) in [5.74, 6) is 0. The molecule has 8 heteroatoms. The average molecular weight is 475 g/mol. The van der Waals surface area contributed by atoms with Gasteiger partial charge < -0.3 is 30.6 Å². The number of nitrogens with zero attached hydrogens (tertiary/aromatic N) is 5. The largest absolute Gasteiger partial charge is 0.397 e. The Morgan fingerprint density at radius 2 is 2.11 bits per heavy atom. The second kappa shape index (κ2) is 12.4. The molecule has 0 spiro atoms. The van der Waals surface area contributed by atoms with Crippen LogP contribution in [0.5, 0.6) is 0 Å². The standard InChI is InChI=1S/C27H38N8/c1-3-4-10-33(2)13-9-29-15-22-7-8-27-32-24(21-35(27)20-22)17-31-19-26(28)23-14-25(18-30-16-23)34-11-5-6-12-34/h5,7-8,11,14,16,18-21,29,31H,3-4,6,9-10,12-13,15,17,28H2,1-2H3/b26-19-. The number of hydrogen-bond donors (Lipinski definition) is 3. The summed E-state index contributed by atoms with van der Waals surface area (Å²) >= 11 is 0. The highest BCUT2D eigenvalue weighted by molar-refractivity contribution is 5.66. The molecule has 35 heavy (non-hydrogen) atoms. The Hall–Kier alpha value is -3.36. The van der Waals surface area contributed by atoms with Gasteiger partial charge in [0.15, 0.2) is 0 Å². The summed E-state index contributed by atoms with van der Waals surface area (Å²) < 4.78 is 2.09. The number of pyridine rings is 2. The summed E-state index contributed by atoms with van der Waals surface area (Å²) in [7, 11) is 2.19. The highest BCUT2D eigenvalue weighted by atomic mass is 15.1. The van der Waals surface area contributed by atoms with Crippen LogP contribution in [0.2, 0.25) is 0 Å². The van der Waals surface area contributed by atoms with Gasteiger partial charge in [-0.1, -0.05) is 25.5 Å². The summed E-state index contributed by atoms with van der Waals surface area (Å²) in [4.78, 5) is 13.6. The lowest BCUT2D eigenvalue weighted by molar-refractivity contribution is 0.325. The van der Waals surface area contributed by atoms with Crippen molar-refractivity contribution in [2.45, 2.75) is 39.3 Å². The highest BCUT2D eigenvalue weighted by Crippen LogP contribution is 2.20. The van der Waals surface area contributed by atoms with E-state index in [0.717, 1.165) is 61.7 Å². The van der Waals surface area contributed by atoms with Crippen molar-refractivity contribution in [1.29, 1.82) is 0 Å². The van der Waals surface area contributed by atoms with E-state index >= 15 is 0 Å². The summed E-state index contributed by atoms with van der Waals surface area (Å²) in [5.41, 5.74) is 12.1. The summed E-state index contributed by atoms with van der Waals surface area (Å²) in [6.45, 7) is 7.88. The lowest BCUT2D eigenvalue weighted by Crippen LogP contribution is -2.29. The second-order valence-corrected chi connectivity index (χ2v) is 9.15. The molecule has 0 aromatic carbocycles. The van der Waals surface area contributed by atoms with E-state index in [0.29, 0.717) is 12.2 Å². The first-order chi connectivity index (χ1) is 17.1. The minimum Gasteiger partial charge on any atom is -0.397 e. The number of imidazole rings is 1. The van der Waals surface area contributed by atoms with E-state index in [-0.39, 0.29) is 0 Å². The third-order valence-corrected chi connectivity index (χ3v) is 6.21. The van der Waals surface area contributed by atoms with E-state index in [4.69, 9.17) is 10.7 Å². The molecule has 0 saturated carbocycles. The third kappa shape index (κ3) is 7.07. The van der Waals surface area contributed by atoms with Gasteiger partial charge in [-0.15, -0.1) is 0 Å². The Morgan fingerprint density at radius 1 is 1.20 bits per heavy atom. The Bertz CT molecular complexity index is 1150. The van der Waals surface area contributed by atoms with Crippen molar-refractivity contribution >= 4 is 17.0 Å². The molecule has 0 aliphatic carbocycles. The number of hydrogen-bond acceptors (Lipinski definition) is 7. The number of rotatable bonds is 13. The molecule has 3 aromatic rings. The van der Waals surface area contributed by atoms with E-state index in [9.17, 15) is 0 Å². The van der Waals surface area contributed by atoms with Crippen LogP contribution in [0.1, 0.15) is 43.0 Å². The molecular formula is C27H38N8. The molecule has 8 nitrogen and oxygen atoms in total. The Kier molecular flexibility index (Phi) is 8.75. The topological polar surface area (TPSA) is 86.7 Å². The molecule has 0 amide bonds. The van der Waals surface area contributed by atoms with Crippen LogP contribution < -0.4 is 21.3 Å². The maximum Gasteiger partial charge on any atom is 0.137 e. The van der Waals surface area contributed by atoms with Crippen molar-refractivity contribution < 1.29 is 0 Å². The van der Waals surface area contributed by atoms with Gasteiger partial charge in [0.25, 0.3) is 0 Å². The number of unbranched alkanes of at least 4 members (excludes halogenated alkanes) is 1. The summed E-state index contributed by atoms with van der Waals surface area (Å²) in [5, 5.41) is 6.84. The van der Waals surface area contributed by atoms with Gasteiger partial charge in [0.05, 0.1) is 29.8 Å². The van der Waals surface area contributed by atoms with E-state index in [2.05, 4.69) is 86.7 Å². The van der Waals surface area contributed by atoms with Crippen LogP contribution >= 0.6 is 0 Å². The number of anilines is 1. The Morgan fingerprint density at radius 3 is 2.94 bits per heavy atom. The molecule has 0 unspecified atom stereocenters. The Balaban J connectivity index is 1.28. The SMILES string of the molecule is CCCCN(C)CCNCc1ccc2nc(CN/C=C(\N)c3cncc(N4C=CCC4)c3)cn2c1. The van der Waals surface area contributed by atoms with Gasteiger partial charge >= 0.3 is 0 Å². The minimum atomic E-state index is 0.599. The maximum atomic E-state index is 6.31. The van der Waals surface area contributed by atoms with Crippen molar-refractivity contribution in [3.8, 4) is 0 Å². The smallest absolute Gasteiger partial charge is 0.137 e. The monoisotopic (exact) mass is 474 g/mol. The van der Waals surface area contributed by atoms with Gasteiger partial charge in [-0.2, -0.15) is 0 Å². The van der Waals surface area contributed by atoms with E-state index < -0.39 is 0 Å².